The van der Waals surface area contributed by atoms with Crippen molar-refractivity contribution in [2.24, 2.45) is 5.41 Å². The standard InChI is InChI=1S/C26H29ClF3N7O3/c1-14-21(22-17-11-32-33-19(17)4-3-18(22)27)23(34-37(14)16-9-25(10-16)13-31-15(25)2)36-7-5-35(6-8-36)20(38)12-40-24(39)26(28,29)30/h3-4,11,15-16,31H,5-10,12-13H2,1-2H3,(H,32,33). The number of alkyl halides is 3. The van der Waals surface area contributed by atoms with Crippen LogP contribution in [0.15, 0.2) is 18.3 Å². The molecule has 4 heterocycles. The Labute approximate surface area is 232 Å². The van der Waals surface area contributed by atoms with Crippen LogP contribution in [0.25, 0.3) is 22.0 Å². The second-order valence-electron chi connectivity index (χ2n) is 11.0. The van der Waals surface area contributed by atoms with E-state index in [0.29, 0.717) is 29.6 Å². The molecule has 1 aliphatic carbocycles. The Bertz CT molecular complexity index is 1470. The van der Waals surface area contributed by atoms with Gasteiger partial charge in [0.2, 0.25) is 0 Å². The van der Waals surface area contributed by atoms with E-state index in [4.69, 9.17) is 16.7 Å². The van der Waals surface area contributed by atoms with Gasteiger partial charge >= 0.3 is 12.1 Å². The highest BCUT2D eigenvalue weighted by atomic mass is 35.5. The lowest BCUT2D eigenvalue weighted by Gasteiger charge is -2.59. The SMILES string of the molecule is Cc1c(-c2c(Cl)ccc3[nH]ncc23)c(N2CCN(C(=O)COC(=O)C(F)(F)F)CC2)nn1C1CC2(CNC2C)C1. The molecule has 1 atom stereocenters. The smallest absolute Gasteiger partial charge is 0.449 e. The second kappa shape index (κ2) is 9.65. The molecule has 3 aliphatic rings. The Balaban J connectivity index is 1.27. The molecule has 0 bridgehead atoms. The van der Waals surface area contributed by atoms with Gasteiger partial charge in [-0.3, -0.25) is 14.6 Å². The largest absolute Gasteiger partial charge is 0.490 e. The minimum absolute atomic E-state index is 0.243. The Kier molecular flexibility index (Phi) is 6.49. The molecule has 1 amide bonds. The zero-order chi connectivity index (χ0) is 28.4. The summed E-state index contributed by atoms with van der Waals surface area (Å²) in [6.07, 6.45) is -1.33. The van der Waals surface area contributed by atoms with Crippen molar-refractivity contribution in [3.05, 3.63) is 29.0 Å². The van der Waals surface area contributed by atoms with Gasteiger partial charge in [0.1, 0.15) is 0 Å². The average Bonchev–Trinajstić information content (AvgIpc) is 3.50. The van der Waals surface area contributed by atoms with Crippen LogP contribution in [-0.4, -0.2) is 88.3 Å². The summed E-state index contributed by atoms with van der Waals surface area (Å²) in [6.45, 7) is 5.61. The first-order valence-electron chi connectivity index (χ1n) is 13.2. The predicted octanol–water partition coefficient (Wildman–Crippen LogP) is 3.46. The molecule has 2 aromatic heterocycles. The third-order valence-corrected chi connectivity index (χ3v) is 9.07. The van der Waals surface area contributed by atoms with Gasteiger partial charge in [-0.2, -0.15) is 23.4 Å². The summed E-state index contributed by atoms with van der Waals surface area (Å²) in [5.74, 6) is -2.31. The lowest BCUT2D eigenvalue weighted by molar-refractivity contribution is -0.200. The molecule has 6 rings (SSSR count). The van der Waals surface area contributed by atoms with Crippen molar-refractivity contribution in [3.63, 3.8) is 0 Å². The van der Waals surface area contributed by atoms with E-state index < -0.39 is 24.7 Å². The van der Waals surface area contributed by atoms with Crippen LogP contribution in [0.3, 0.4) is 0 Å². The van der Waals surface area contributed by atoms with E-state index in [-0.39, 0.29) is 19.1 Å². The van der Waals surface area contributed by atoms with Crippen LogP contribution >= 0.6 is 11.6 Å². The number of hydrogen-bond acceptors (Lipinski definition) is 7. The fraction of sp³-hybridized carbons (Fsp3) is 0.538. The number of carbonyl (C=O) groups is 2. The number of benzene rings is 1. The number of hydrogen-bond donors (Lipinski definition) is 2. The van der Waals surface area contributed by atoms with Crippen molar-refractivity contribution in [1.29, 1.82) is 0 Å². The third kappa shape index (κ3) is 4.39. The average molecular weight is 580 g/mol. The van der Waals surface area contributed by atoms with Crippen molar-refractivity contribution in [2.45, 2.75) is 44.9 Å². The van der Waals surface area contributed by atoms with Gasteiger partial charge < -0.3 is 19.9 Å². The normalized spacial score (nSPS) is 24.8. The zero-order valence-electron chi connectivity index (χ0n) is 22.0. The van der Waals surface area contributed by atoms with Gasteiger partial charge in [-0.05, 0) is 38.8 Å². The Hall–Kier alpha value is -3.32. The molecule has 2 aliphatic heterocycles. The molecule has 214 valence electrons. The highest BCUT2D eigenvalue weighted by molar-refractivity contribution is 6.35. The molecule has 0 radical (unpaired) electrons. The minimum Gasteiger partial charge on any atom is -0.449 e. The minimum atomic E-state index is -5.14. The van der Waals surface area contributed by atoms with Gasteiger partial charge in [-0.15, -0.1) is 0 Å². The molecule has 1 unspecified atom stereocenters. The molecule has 2 saturated heterocycles. The maximum Gasteiger partial charge on any atom is 0.490 e. The number of fused-ring (bicyclic) bond motifs is 1. The molecule has 1 saturated carbocycles. The lowest BCUT2D eigenvalue weighted by atomic mass is 9.57. The summed E-state index contributed by atoms with van der Waals surface area (Å²) < 4.78 is 43.6. The second-order valence-corrected chi connectivity index (χ2v) is 11.4. The van der Waals surface area contributed by atoms with Crippen molar-refractivity contribution in [2.75, 3.05) is 44.2 Å². The number of nitrogens with zero attached hydrogens (tertiary/aromatic N) is 5. The van der Waals surface area contributed by atoms with Gasteiger partial charge in [-0.25, -0.2) is 4.79 Å². The van der Waals surface area contributed by atoms with E-state index in [9.17, 15) is 22.8 Å². The van der Waals surface area contributed by atoms with Crippen molar-refractivity contribution in [1.82, 2.24) is 30.2 Å². The number of ether oxygens (including phenoxy) is 1. The van der Waals surface area contributed by atoms with E-state index in [1.807, 2.05) is 19.1 Å². The maximum atomic E-state index is 12.4. The van der Waals surface area contributed by atoms with Crippen LogP contribution in [-0.2, 0) is 14.3 Å². The summed E-state index contributed by atoms with van der Waals surface area (Å²) in [7, 11) is 0. The number of nitrogens with one attached hydrogen (secondary N) is 2. The summed E-state index contributed by atoms with van der Waals surface area (Å²) in [5, 5.41) is 17.2. The summed E-state index contributed by atoms with van der Waals surface area (Å²) in [5.41, 5.74) is 3.88. The first-order valence-corrected chi connectivity index (χ1v) is 13.6. The van der Waals surface area contributed by atoms with Crippen molar-refractivity contribution < 1.29 is 27.5 Å². The molecule has 1 spiro atoms. The first kappa shape index (κ1) is 26.9. The summed E-state index contributed by atoms with van der Waals surface area (Å²) in [4.78, 5) is 26.9. The number of halogens is 4. The van der Waals surface area contributed by atoms with E-state index in [0.717, 1.165) is 52.9 Å². The Morgan fingerprint density at radius 3 is 2.52 bits per heavy atom. The zero-order valence-corrected chi connectivity index (χ0v) is 22.8. The Morgan fingerprint density at radius 1 is 1.18 bits per heavy atom. The van der Waals surface area contributed by atoms with Gasteiger partial charge in [0.05, 0.1) is 17.8 Å². The van der Waals surface area contributed by atoms with Crippen LogP contribution in [0.1, 0.15) is 31.5 Å². The fourth-order valence-corrected chi connectivity index (χ4v) is 6.49. The van der Waals surface area contributed by atoms with Gasteiger partial charge in [0, 0.05) is 71.4 Å². The van der Waals surface area contributed by atoms with E-state index in [1.165, 1.54) is 4.90 Å². The number of aromatic amines is 1. The van der Waals surface area contributed by atoms with Crippen LogP contribution < -0.4 is 10.2 Å². The lowest BCUT2D eigenvalue weighted by Crippen LogP contribution is -2.66. The fourth-order valence-electron chi connectivity index (χ4n) is 6.23. The van der Waals surface area contributed by atoms with E-state index in [2.05, 4.69) is 36.8 Å². The molecule has 1 aromatic carbocycles. The number of carbonyl (C=O) groups excluding carboxylic acids is 2. The molecule has 10 nitrogen and oxygen atoms in total. The highest BCUT2D eigenvalue weighted by Crippen LogP contribution is 2.55. The van der Waals surface area contributed by atoms with Gasteiger partial charge in [0.25, 0.3) is 5.91 Å². The molecule has 3 aromatic rings. The topological polar surface area (TPSA) is 108 Å². The molecule has 2 N–H and O–H groups in total. The van der Waals surface area contributed by atoms with Gasteiger partial charge in [0.15, 0.2) is 12.4 Å². The number of esters is 1. The third-order valence-electron chi connectivity index (χ3n) is 8.75. The number of rotatable bonds is 5. The predicted molar refractivity (Wildman–Crippen MR) is 141 cm³/mol. The molecule has 14 heteroatoms. The van der Waals surface area contributed by atoms with Crippen molar-refractivity contribution in [3.8, 4) is 11.1 Å². The molecule has 3 fully saturated rings. The number of piperazine rings is 1. The maximum absolute atomic E-state index is 12.4. The highest BCUT2D eigenvalue weighted by Gasteiger charge is 2.54. The first-order chi connectivity index (χ1) is 19.0. The Morgan fingerprint density at radius 2 is 1.90 bits per heavy atom. The van der Waals surface area contributed by atoms with Crippen LogP contribution in [0, 0.1) is 12.3 Å². The van der Waals surface area contributed by atoms with Gasteiger partial charge in [-0.1, -0.05) is 11.6 Å². The molecule has 40 heavy (non-hydrogen) atoms. The monoisotopic (exact) mass is 579 g/mol. The van der Waals surface area contributed by atoms with E-state index >= 15 is 0 Å². The quantitative estimate of drug-likeness (QED) is 0.446. The van der Waals surface area contributed by atoms with Crippen LogP contribution in [0.2, 0.25) is 5.02 Å². The number of aromatic nitrogens is 4. The molecular weight excluding hydrogens is 551 g/mol. The van der Waals surface area contributed by atoms with Crippen LogP contribution in [0.4, 0.5) is 19.0 Å². The molecular formula is C26H29ClF3N7O3. The number of anilines is 1. The van der Waals surface area contributed by atoms with E-state index in [1.54, 1.807) is 6.20 Å². The van der Waals surface area contributed by atoms with Crippen molar-refractivity contribution >= 4 is 40.2 Å². The van der Waals surface area contributed by atoms with Crippen LogP contribution in [0.5, 0.6) is 0 Å². The summed E-state index contributed by atoms with van der Waals surface area (Å²) >= 11 is 6.79. The number of H-pyrrole nitrogens is 1. The summed E-state index contributed by atoms with van der Waals surface area (Å²) in [6, 6.07) is 4.44. The number of amides is 1.